The van der Waals surface area contributed by atoms with Crippen molar-refractivity contribution in [3.8, 4) is 0 Å². The molecule has 0 fully saturated rings. The van der Waals surface area contributed by atoms with E-state index in [1.54, 1.807) is 12.4 Å². The van der Waals surface area contributed by atoms with E-state index in [9.17, 15) is 0 Å². The predicted octanol–water partition coefficient (Wildman–Crippen LogP) is 1.64. The molecule has 0 aliphatic rings. The third-order valence-electron chi connectivity index (χ3n) is 0.568. The first kappa shape index (κ1) is 8.15. The number of pyridine rings is 1. The second-order valence-electron chi connectivity index (χ2n) is 1.10. The summed E-state index contributed by atoms with van der Waals surface area (Å²) in [5.74, 6) is 0. The third-order valence-corrected chi connectivity index (χ3v) is 1.00. The summed E-state index contributed by atoms with van der Waals surface area (Å²) in [4.78, 5) is 3.78. The van der Waals surface area contributed by atoms with Gasteiger partial charge in [-0.15, -0.1) is 4.47 Å². The van der Waals surface area contributed by atoms with E-state index in [4.69, 9.17) is 0 Å². The van der Waals surface area contributed by atoms with Crippen molar-refractivity contribution in [2.24, 2.45) is 0 Å². The molecule has 46 valence electrons. The van der Waals surface area contributed by atoms with E-state index >= 15 is 0 Å². The van der Waals surface area contributed by atoms with Crippen molar-refractivity contribution in [1.29, 1.82) is 0 Å². The SMILES string of the molecule is Brc1c[c-]cnc1.[Cu+]. The summed E-state index contributed by atoms with van der Waals surface area (Å²) in [6.45, 7) is 0. The molecule has 1 aromatic heterocycles. The van der Waals surface area contributed by atoms with E-state index in [1.807, 2.05) is 6.07 Å². The van der Waals surface area contributed by atoms with Gasteiger partial charge >= 0.3 is 17.1 Å². The molecule has 1 aromatic rings. The molecule has 3 heteroatoms. The average Bonchev–Trinajstić information content (AvgIpc) is 1.69. The number of rotatable bonds is 0. The molecule has 0 N–H and O–H groups in total. The molecular weight excluding hydrogens is 218 g/mol. The molecule has 0 aromatic carbocycles. The minimum absolute atomic E-state index is 0. The van der Waals surface area contributed by atoms with Gasteiger partial charge in [0, 0.05) is 0 Å². The fourth-order valence-electron chi connectivity index (χ4n) is 0.306. The van der Waals surface area contributed by atoms with Gasteiger partial charge in [0.1, 0.15) is 0 Å². The molecule has 0 radical (unpaired) electrons. The Kier molecular flexibility index (Phi) is 4.15. The Morgan fingerprint density at radius 2 is 2.38 bits per heavy atom. The maximum absolute atomic E-state index is 3.78. The van der Waals surface area contributed by atoms with Gasteiger partial charge in [0.2, 0.25) is 0 Å². The summed E-state index contributed by atoms with van der Waals surface area (Å²) >= 11 is 3.22. The van der Waals surface area contributed by atoms with Gasteiger partial charge in [-0.1, -0.05) is 6.20 Å². The molecule has 1 rings (SSSR count). The molecule has 0 atom stereocenters. The Morgan fingerprint density at radius 3 is 2.62 bits per heavy atom. The van der Waals surface area contributed by atoms with Crippen LogP contribution in [0.25, 0.3) is 0 Å². The molecule has 0 unspecified atom stereocenters. The van der Waals surface area contributed by atoms with Gasteiger partial charge in [0.15, 0.2) is 0 Å². The second-order valence-corrected chi connectivity index (χ2v) is 2.02. The molecule has 0 bridgehead atoms. The average molecular weight is 221 g/mol. The first-order valence-electron chi connectivity index (χ1n) is 1.86. The molecule has 0 aliphatic carbocycles. The number of nitrogens with zero attached hydrogens (tertiary/aromatic N) is 1. The monoisotopic (exact) mass is 219 g/mol. The maximum atomic E-state index is 3.78. The Labute approximate surface area is 67.1 Å². The van der Waals surface area contributed by atoms with Gasteiger partial charge < -0.3 is 4.98 Å². The largest absolute Gasteiger partial charge is 1.00 e. The molecule has 0 amide bonds. The van der Waals surface area contributed by atoms with Crippen molar-refractivity contribution in [2.75, 3.05) is 0 Å². The minimum Gasteiger partial charge on any atom is -0.303 e. The van der Waals surface area contributed by atoms with E-state index in [0.29, 0.717) is 0 Å². The van der Waals surface area contributed by atoms with E-state index in [-0.39, 0.29) is 17.1 Å². The van der Waals surface area contributed by atoms with Gasteiger partial charge in [-0.3, -0.25) is 0 Å². The Bertz CT molecular complexity index is 142. The van der Waals surface area contributed by atoms with E-state index < -0.39 is 0 Å². The Morgan fingerprint density at radius 1 is 1.62 bits per heavy atom. The smallest absolute Gasteiger partial charge is 0.303 e. The summed E-state index contributed by atoms with van der Waals surface area (Å²) in [5, 5.41) is 0. The van der Waals surface area contributed by atoms with Crippen molar-refractivity contribution >= 4 is 15.9 Å². The van der Waals surface area contributed by atoms with Crippen LogP contribution in [0.3, 0.4) is 0 Å². The van der Waals surface area contributed by atoms with Gasteiger partial charge in [-0.2, -0.15) is 15.9 Å². The summed E-state index contributed by atoms with van der Waals surface area (Å²) in [6.07, 6.45) is 3.33. The zero-order valence-corrected chi connectivity index (χ0v) is 6.39. The Balaban J connectivity index is 0.000000490. The van der Waals surface area contributed by atoms with Crippen molar-refractivity contribution < 1.29 is 17.1 Å². The number of hydrogen-bond donors (Lipinski definition) is 0. The van der Waals surface area contributed by atoms with Crippen LogP contribution in [0.2, 0.25) is 0 Å². The van der Waals surface area contributed by atoms with Crippen molar-refractivity contribution in [3.05, 3.63) is 29.0 Å². The van der Waals surface area contributed by atoms with Gasteiger partial charge in [-0.05, 0) is 6.20 Å². The standard InChI is InChI=1S/C5H3BrN.Cu/c6-5-2-1-3-7-4-5;/h2-4H;/q-1;+1. The fourth-order valence-corrected chi connectivity index (χ4v) is 0.556. The second kappa shape index (κ2) is 4.07. The van der Waals surface area contributed by atoms with Crippen LogP contribution in [0.15, 0.2) is 22.9 Å². The topological polar surface area (TPSA) is 12.9 Å². The quantitative estimate of drug-likeness (QED) is 0.479. The van der Waals surface area contributed by atoms with Gasteiger partial charge in [-0.25, -0.2) is 12.1 Å². The minimum atomic E-state index is 0. The van der Waals surface area contributed by atoms with Crippen molar-refractivity contribution in [1.82, 2.24) is 4.98 Å². The zero-order valence-electron chi connectivity index (χ0n) is 3.86. The van der Waals surface area contributed by atoms with Crippen LogP contribution in [-0.2, 0) is 17.1 Å². The van der Waals surface area contributed by atoms with Crippen LogP contribution in [0.1, 0.15) is 0 Å². The molecule has 1 heterocycles. The van der Waals surface area contributed by atoms with Crippen LogP contribution in [0.5, 0.6) is 0 Å². The van der Waals surface area contributed by atoms with Crippen LogP contribution < -0.4 is 0 Å². The third kappa shape index (κ3) is 2.46. The first-order valence-corrected chi connectivity index (χ1v) is 2.65. The molecule has 0 saturated heterocycles. The zero-order chi connectivity index (χ0) is 5.11. The van der Waals surface area contributed by atoms with E-state index in [2.05, 4.69) is 27.0 Å². The molecule has 1 nitrogen and oxygen atoms in total. The van der Waals surface area contributed by atoms with Crippen LogP contribution >= 0.6 is 15.9 Å². The van der Waals surface area contributed by atoms with E-state index in [0.717, 1.165) is 4.47 Å². The normalized spacial score (nSPS) is 7.62. The Hall–Kier alpha value is 0.149. The van der Waals surface area contributed by atoms with Crippen molar-refractivity contribution in [3.63, 3.8) is 0 Å². The number of halogens is 1. The fraction of sp³-hybridized carbons (Fsp3) is 0. The van der Waals surface area contributed by atoms with Gasteiger partial charge in [0.25, 0.3) is 0 Å². The molecule has 8 heavy (non-hydrogen) atoms. The molecule has 0 saturated carbocycles. The molecule has 0 aliphatic heterocycles. The maximum Gasteiger partial charge on any atom is 1.00 e. The number of hydrogen-bond acceptors (Lipinski definition) is 1. The van der Waals surface area contributed by atoms with E-state index in [1.165, 1.54) is 0 Å². The number of aromatic nitrogens is 1. The van der Waals surface area contributed by atoms with Crippen LogP contribution in [0, 0.1) is 6.07 Å². The van der Waals surface area contributed by atoms with Crippen molar-refractivity contribution in [2.45, 2.75) is 0 Å². The summed E-state index contributed by atoms with van der Waals surface area (Å²) in [6, 6.07) is 4.62. The summed E-state index contributed by atoms with van der Waals surface area (Å²) in [7, 11) is 0. The predicted molar refractivity (Wildman–Crippen MR) is 30.8 cm³/mol. The first-order chi connectivity index (χ1) is 3.39. The molecular formula is C5H3BrCuN. The molecule has 0 spiro atoms. The van der Waals surface area contributed by atoms with Crippen LogP contribution in [0.4, 0.5) is 0 Å². The summed E-state index contributed by atoms with van der Waals surface area (Å²) in [5.41, 5.74) is 0. The summed E-state index contributed by atoms with van der Waals surface area (Å²) < 4.78 is 0.968. The van der Waals surface area contributed by atoms with Gasteiger partial charge in [0.05, 0.1) is 0 Å². The van der Waals surface area contributed by atoms with Crippen LogP contribution in [-0.4, -0.2) is 4.98 Å².